The van der Waals surface area contributed by atoms with E-state index >= 15 is 0 Å². The maximum atomic E-state index is 11.7. The average molecular weight is 400 g/mol. The highest BCUT2D eigenvalue weighted by Crippen LogP contribution is 2.32. The molecule has 1 aliphatic rings. The Hall–Kier alpha value is -1.54. The standard InChI is InChI=1S/C16H18ClN5OS.ClH/c1-21(2)10-14(23)20-18-9-13-15(11-3-5-12(17)6-4-11)19-16-22(13)7-8-24-16;/h3-6,9H,7-8,10H2,1-2H3,(H,20,23);1H/b18-9+;. The van der Waals surface area contributed by atoms with Gasteiger partial charge in [0.05, 0.1) is 24.1 Å². The van der Waals surface area contributed by atoms with Crippen LogP contribution in [0, 0.1) is 0 Å². The quantitative estimate of drug-likeness (QED) is 0.619. The number of nitrogens with one attached hydrogen (secondary N) is 1. The lowest BCUT2D eigenvalue weighted by molar-refractivity contribution is -0.121. The van der Waals surface area contributed by atoms with Crippen LogP contribution in [-0.2, 0) is 11.3 Å². The fourth-order valence-corrected chi connectivity index (χ4v) is 3.52. The van der Waals surface area contributed by atoms with E-state index in [4.69, 9.17) is 16.6 Å². The molecule has 134 valence electrons. The molecule has 0 atom stereocenters. The van der Waals surface area contributed by atoms with Gasteiger partial charge in [-0.3, -0.25) is 4.79 Å². The Balaban J connectivity index is 0.00000225. The minimum atomic E-state index is -0.153. The Labute approximate surface area is 162 Å². The van der Waals surface area contributed by atoms with Crippen LogP contribution in [-0.4, -0.2) is 53.0 Å². The first kappa shape index (κ1) is 19.8. The number of aromatic nitrogens is 2. The van der Waals surface area contributed by atoms with Crippen molar-refractivity contribution in [2.75, 3.05) is 26.4 Å². The van der Waals surface area contributed by atoms with Crippen LogP contribution < -0.4 is 5.43 Å². The lowest BCUT2D eigenvalue weighted by atomic mass is 10.1. The monoisotopic (exact) mass is 399 g/mol. The molecule has 1 aliphatic heterocycles. The molecule has 0 radical (unpaired) electrons. The summed E-state index contributed by atoms with van der Waals surface area (Å²) in [6, 6.07) is 7.56. The molecule has 0 unspecified atom stereocenters. The molecular weight excluding hydrogens is 381 g/mol. The van der Waals surface area contributed by atoms with Gasteiger partial charge in [0, 0.05) is 22.9 Å². The van der Waals surface area contributed by atoms with Gasteiger partial charge in [0.2, 0.25) is 0 Å². The summed E-state index contributed by atoms with van der Waals surface area (Å²) in [5, 5.41) is 5.76. The van der Waals surface area contributed by atoms with Gasteiger partial charge >= 0.3 is 0 Å². The molecule has 0 saturated carbocycles. The van der Waals surface area contributed by atoms with Crippen molar-refractivity contribution in [3.63, 3.8) is 0 Å². The van der Waals surface area contributed by atoms with Crippen LogP contribution in [0.3, 0.4) is 0 Å². The van der Waals surface area contributed by atoms with Crippen molar-refractivity contribution in [1.82, 2.24) is 19.9 Å². The van der Waals surface area contributed by atoms with Crippen molar-refractivity contribution in [1.29, 1.82) is 0 Å². The van der Waals surface area contributed by atoms with E-state index < -0.39 is 0 Å². The van der Waals surface area contributed by atoms with E-state index in [0.717, 1.165) is 34.4 Å². The summed E-state index contributed by atoms with van der Waals surface area (Å²) in [5.74, 6) is 0.844. The minimum Gasteiger partial charge on any atom is -0.317 e. The molecule has 1 amide bonds. The third kappa shape index (κ3) is 4.76. The fourth-order valence-electron chi connectivity index (χ4n) is 2.44. The maximum Gasteiger partial charge on any atom is 0.254 e. The van der Waals surface area contributed by atoms with Crippen LogP contribution in [0.25, 0.3) is 11.3 Å². The van der Waals surface area contributed by atoms with Gasteiger partial charge in [0.1, 0.15) is 0 Å². The highest BCUT2D eigenvalue weighted by atomic mass is 35.5. The van der Waals surface area contributed by atoms with Gasteiger partial charge in [-0.25, -0.2) is 10.4 Å². The van der Waals surface area contributed by atoms with E-state index in [9.17, 15) is 4.79 Å². The molecule has 25 heavy (non-hydrogen) atoms. The molecule has 1 aromatic carbocycles. The van der Waals surface area contributed by atoms with Gasteiger partial charge in [-0.15, -0.1) is 12.4 Å². The summed E-state index contributed by atoms with van der Waals surface area (Å²) in [4.78, 5) is 18.2. The molecule has 0 bridgehead atoms. The number of hydrogen-bond acceptors (Lipinski definition) is 5. The molecule has 1 aromatic heterocycles. The van der Waals surface area contributed by atoms with Gasteiger partial charge in [-0.05, 0) is 26.2 Å². The molecule has 6 nitrogen and oxygen atoms in total. The number of benzene rings is 1. The van der Waals surface area contributed by atoms with Crippen LogP contribution in [0.15, 0.2) is 34.5 Å². The smallest absolute Gasteiger partial charge is 0.254 e. The number of hydrazone groups is 1. The van der Waals surface area contributed by atoms with Crippen molar-refractivity contribution in [3.05, 3.63) is 35.0 Å². The number of likely N-dealkylation sites (N-methyl/N-ethyl adjacent to an activating group) is 1. The molecule has 1 N–H and O–H groups in total. The van der Waals surface area contributed by atoms with Crippen molar-refractivity contribution in [2.24, 2.45) is 5.10 Å². The minimum absolute atomic E-state index is 0. The van der Waals surface area contributed by atoms with Crippen LogP contribution in [0.1, 0.15) is 5.69 Å². The van der Waals surface area contributed by atoms with E-state index in [-0.39, 0.29) is 18.3 Å². The highest BCUT2D eigenvalue weighted by molar-refractivity contribution is 7.99. The summed E-state index contributed by atoms with van der Waals surface area (Å²) in [5.41, 5.74) is 5.26. The number of rotatable bonds is 5. The molecule has 0 spiro atoms. The average Bonchev–Trinajstić information content (AvgIpc) is 3.09. The van der Waals surface area contributed by atoms with E-state index in [1.165, 1.54) is 0 Å². The predicted molar refractivity (Wildman–Crippen MR) is 105 cm³/mol. The number of nitrogens with zero attached hydrogens (tertiary/aromatic N) is 4. The van der Waals surface area contributed by atoms with Crippen LogP contribution in [0.2, 0.25) is 5.02 Å². The van der Waals surface area contributed by atoms with E-state index in [0.29, 0.717) is 11.6 Å². The molecule has 0 aliphatic carbocycles. The molecular formula is C16H19Cl2N5OS. The normalized spacial score (nSPS) is 13.1. The maximum absolute atomic E-state index is 11.7. The predicted octanol–water partition coefficient (Wildman–Crippen LogP) is 2.74. The third-order valence-electron chi connectivity index (χ3n) is 3.47. The van der Waals surface area contributed by atoms with Crippen molar-refractivity contribution in [2.45, 2.75) is 11.7 Å². The first-order valence-electron chi connectivity index (χ1n) is 7.50. The second-order valence-electron chi connectivity index (χ2n) is 5.67. The molecule has 3 rings (SSSR count). The molecule has 2 aromatic rings. The number of carbonyl (C=O) groups is 1. The Morgan fingerprint density at radius 2 is 2.16 bits per heavy atom. The van der Waals surface area contributed by atoms with Gasteiger partial charge in [0.15, 0.2) is 5.16 Å². The lowest BCUT2D eigenvalue weighted by Crippen LogP contribution is -2.30. The summed E-state index contributed by atoms with van der Waals surface area (Å²) < 4.78 is 2.12. The second-order valence-corrected chi connectivity index (χ2v) is 7.16. The first-order valence-corrected chi connectivity index (χ1v) is 8.87. The van der Waals surface area contributed by atoms with Gasteiger partial charge in [-0.2, -0.15) is 5.10 Å². The number of imidazole rings is 1. The molecule has 9 heteroatoms. The summed E-state index contributed by atoms with van der Waals surface area (Å²) >= 11 is 7.69. The lowest BCUT2D eigenvalue weighted by Gasteiger charge is -2.07. The fraction of sp³-hybridized carbons (Fsp3) is 0.312. The summed E-state index contributed by atoms with van der Waals surface area (Å²) in [6.45, 7) is 1.18. The summed E-state index contributed by atoms with van der Waals surface area (Å²) in [7, 11) is 3.67. The number of amides is 1. The summed E-state index contributed by atoms with van der Waals surface area (Å²) in [6.07, 6.45) is 1.67. The Morgan fingerprint density at radius 1 is 1.44 bits per heavy atom. The van der Waals surface area contributed by atoms with E-state index in [2.05, 4.69) is 15.1 Å². The Bertz CT molecular complexity index is 774. The topological polar surface area (TPSA) is 62.5 Å². The van der Waals surface area contributed by atoms with Gasteiger partial charge in [0.25, 0.3) is 5.91 Å². The van der Waals surface area contributed by atoms with Gasteiger partial charge in [-0.1, -0.05) is 35.5 Å². The Kier molecular flexibility index (Phi) is 6.89. The number of carbonyl (C=O) groups excluding carboxylic acids is 1. The van der Waals surface area contributed by atoms with Crippen molar-refractivity contribution >= 4 is 47.9 Å². The SMILES string of the molecule is CN(C)CC(=O)N/N=C/c1c(-c2ccc(Cl)cc2)nc2n1CCS2.Cl. The zero-order valence-corrected chi connectivity index (χ0v) is 16.3. The zero-order chi connectivity index (χ0) is 17.1. The zero-order valence-electron chi connectivity index (χ0n) is 13.9. The van der Waals surface area contributed by atoms with Crippen molar-refractivity contribution < 1.29 is 4.79 Å². The van der Waals surface area contributed by atoms with Crippen LogP contribution in [0.4, 0.5) is 0 Å². The number of halogens is 2. The first-order chi connectivity index (χ1) is 11.5. The highest BCUT2D eigenvalue weighted by Gasteiger charge is 2.21. The second kappa shape index (κ2) is 8.71. The number of hydrogen-bond donors (Lipinski definition) is 1. The van der Waals surface area contributed by atoms with E-state index in [1.807, 2.05) is 38.4 Å². The molecule has 2 heterocycles. The van der Waals surface area contributed by atoms with Gasteiger partial charge < -0.3 is 9.47 Å². The number of fused-ring (bicyclic) bond motifs is 1. The Morgan fingerprint density at radius 3 is 2.84 bits per heavy atom. The van der Waals surface area contributed by atoms with Crippen LogP contribution >= 0.6 is 35.8 Å². The molecule has 0 fully saturated rings. The van der Waals surface area contributed by atoms with Crippen molar-refractivity contribution in [3.8, 4) is 11.3 Å². The largest absolute Gasteiger partial charge is 0.317 e. The third-order valence-corrected chi connectivity index (χ3v) is 4.68. The molecule has 0 saturated heterocycles. The number of thioether (sulfide) groups is 1. The van der Waals surface area contributed by atoms with E-state index in [1.54, 1.807) is 22.9 Å². The van der Waals surface area contributed by atoms with Crippen LogP contribution in [0.5, 0.6) is 0 Å².